The highest BCUT2D eigenvalue weighted by Crippen LogP contribution is 2.18. The van der Waals surface area contributed by atoms with Gasteiger partial charge in [0.2, 0.25) is 17.5 Å². The number of hydrogen-bond donors (Lipinski definition) is 4. The molecule has 0 saturated carbocycles. The smallest absolute Gasteiger partial charge is 0.272 e. The summed E-state index contributed by atoms with van der Waals surface area (Å²) in [6.07, 6.45) is 5.22. The molecule has 7 nitrogen and oxygen atoms in total. The molecule has 1 aliphatic rings. The number of aliphatic hydroxyl groups is 1. The van der Waals surface area contributed by atoms with Crippen molar-refractivity contribution in [3.8, 4) is 0 Å². The van der Waals surface area contributed by atoms with Crippen LogP contribution in [0.1, 0.15) is 51.9 Å². The minimum absolute atomic E-state index is 0.152. The number of nitrogens with two attached hydrogens (primary N) is 1. The summed E-state index contributed by atoms with van der Waals surface area (Å²) < 4.78 is 0. The maximum atomic E-state index is 11.7. The maximum Gasteiger partial charge on any atom is 0.272 e. The Balaban J connectivity index is 2.40. The van der Waals surface area contributed by atoms with E-state index >= 15 is 0 Å². The molecule has 0 bridgehead atoms. The van der Waals surface area contributed by atoms with Crippen molar-refractivity contribution in [1.82, 2.24) is 10.6 Å². The zero-order valence-electron chi connectivity index (χ0n) is 11.8. The van der Waals surface area contributed by atoms with Gasteiger partial charge >= 0.3 is 0 Å². The highest BCUT2D eigenvalue weighted by molar-refractivity contribution is 5.94. The first kappa shape index (κ1) is 16.4. The average molecular weight is 285 g/mol. The third-order valence-electron chi connectivity index (χ3n) is 3.44. The van der Waals surface area contributed by atoms with Gasteiger partial charge in [-0.1, -0.05) is 32.6 Å². The van der Waals surface area contributed by atoms with Crippen molar-refractivity contribution in [3.05, 3.63) is 0 Å². The van der Waals surface area contributed by atoms with Gasteiger partial charge in [-0.05, 0) is 6.42 Å². The molecule has 1 aliphatic heterocycles. The van der Waals surface area contributed by atoms with Gasteiger partial charge in [0.05, 0.1) is 12.5 Å². The molecular weight excluding hydrogens is 262 g/mol. The molecule has 1 rings (SSSR count). The van der Waals surface area contributed by atoms with Crippen LogP contribution in [0.4, 0.5) is 0 Å². The van der Waals surface area contributed by atoms with Gasteiger partial charge in [-0.15, -0.1) is 0 Å². The molecule has 5 N–H and O–H groups in total. The average Bonchev–Trinajstić information content (AvgIpc) is 2.65. The van der Waals surface area contributed by atoms with Crippen molar-refractivity contribution in [1.29, 1.82) is 0 Å². The summed E-state index contributed by atoms with van der Waals surface area (Å²) in [4.78, 5) is 34.2. The van der Waals surface area contributed by atoms with Crippen molar-refractivity contribution >= 4 is 17.7 Å². The van der Waals surface area contributed by atoms with Crippen molar-refractivity contribution in [2.75, 3.05) is 0 Å². The van der Waals surface area contributed by atoms with Crippen molar-refractivity contribution in [2.24, 2.45) is 5.73 Å². The molecular formula is C13H23N3O4. The Bertz CT molecular complexity index is 386. The van der Waals surface area contributed by atoms with Gasteiger partial charge in [0.1, 0.15) is 0 Å². The van der Waals surface area contributed by atoms with E-state index in [2.05, 4.69) is 17.6 Å². The number of carbonyl (C=O) groups is 3. The Morgan fingerprint density at radius 3 is 2.65 bits per heavy atom. The Labute approximate surface area is 118 Å². The summed E-state index contributed by atoms with van der Waals surface area (Å²) in [7, 11) is 0. The normalized spacial score (nSPS) is 25.3. The van der Waals surface area contributed by atoms with E-state index in [1.54, 1.807) is 0 Å². The molecule has 0 aliphatic carbocycles. The van der Waals surface area contributed by atoms with E-state index in [0.29, 0.717) is 6.42 Å². The molecule has 1 unspecified atom stereocenters. The van der Waals surface area contributed by atoms with Crippen molar-refractivity contribution in [3.63, 3.8) is 0 Å². The fourth-order valence-corrected chi connectivity index (χ4v) is 2.23. The van der Waals surface area contributed by atoms with Crippen LogP contribution in [0, 0.1) is 0 Å². The lowest BCUT2D eigenvalue weighted by atomic mass is 10.0. The van der Waals surface area contributed by atoms with Gasteiger partial charge < -0.3 is 21.5 Å². The highest BCUT2D eigenvalue weighted by Gasteiger charge is 2.50. The molecule has 7 heteroatoms. The van der Waals surface area contributed by atoms with E-state index in [9.17, 15) is 19.5 Å². The van der Waals surface area contributed by atoms with Crippen LogP contribution in [0.15, 0.2) is 0 Å². The Hall–Kier alpha value is -1.63. The minimum Gasteiger partial charge on any atom is -0.365 e. The number of hydrogen-bond acceptors (Lipinski definition) is 4. The molecule has 3 amide bonds. The zero-order chi connectivity index (χ0) is 15.2. The van der Waals surface area contributed by atoms with Gasteiger partial charge in [0, 0.05) is 6.42 Å². The SMILES string of the molecule is CCCCCCCC(=O)N[C@H]1CC(=O)NC1(O)C(N)=O. The molecule has 1 saturated heterocycles. The Morgan fingerprint density at radius 1 is 1.40 bits per heavy atom. The largest absolute Gasteiger partial charge is 0.365 e. The molecule has 2 atom stereocenters. The van der Waals surface area contributed by atoms with Gasteiger partial charge in [0.15, 0.2) is 0 Å². The first-order valence-corrected chi connectivity index (χ1v) is 7.02. The van der Waals surface area contributed by atoms with Crippen LogP contribution in [0.5, 0.6) is 0 Å². The first-order valence-electron chi connectivity index (χ1n) is 7.02. The number of rotatable bonds is 8. The topological polar surface area (TPSA) is 122 Å². The molecule has 0 aromatic heterocycles. The molecule has 0 spiro atoms. The number of unbranched alkanes of at least 4 members (excludes halogenated alkanes) is 4. The third kappa shape index (κ3) is 4.19. The lowest BCUT2D eigenvalue weighted by molar-refractivity contribution is -0.144. The van der Waals surface area contributed by atoms with Crippen LogP contribution in [0.2, 0.25) is 0 Å². The van der Waals surface area contributed by atoms with E-state index < -0.39 is 23.6 Å². The van der Waals surface area contributed by atoms with Crippen molar-refractivity contribution < 1.29 is 19.5 Å². The van der Waals surface area contributed by atoms with Crippen LogP contribution in [-0.2, 0) is 14.4 Å². The lowest BCUT2D eigenvalue weighted by Gasteiger charge is -2.26. The number of carbonyl (C=O) groups excluding carboxylic acids is 3. The molecule has 114 valence electrons. The first-order chi connectivity index (χ1) is 9.40. The standard InChI is InChI=1S/C13H23N3O4/c1-2-3-4-5-6-7-10(17)15-9-8-11(18)16-13(9,20)12(14)19/h9,20H,2-8H2,1H3,(H2,14,19)(H,15,17)(H,16,18)/t9-,13?/m0/s1. The fourth-order valence-electron chi connectivity index (χ4n) is 2.23. The quantitative estimate of drug-likeness (QED) is 0.450. The molecule has 0 radical (unpaired) electrons. The van der Waals surface area contributed by atoms with E-state index in [4.69, 9.17) is 5.73 Å². The third-order valence-corrected chi connectivity index (χ3v) is 3.44. The van der Waals surface area contributed by atoms with E-state index in [1.165, 1.54) is 0 Å². The van der Waals surface area contributed by atoms with E-state index in [0.717, 1.165) is 32.1 Å². The summed E-state index contributed by atoms with van der Waals surface area (Å²) in [5.74, 6) is -1.88. The van der Waals surface area contributed by atoms with Crippen LogP contribution in [0.3, 0.4) is 0 Å². The molecule has 1 heterocycles. The summed E-state index contributed by atoms with van der Waals surface area (Å²) >= 11 is 0. The van der Waals surface area contributed by atoms with Gasteiger partial charge in [-0.25, -0.2) is 0 Å². The Morgan fingerprint density at radius 2 is 2.05 bits per heavy atom. The lowest BCUT2D eigenvalue weighted by Crippen LogP contribution is -2.62. The molecule has 0 aromatic rings. The van der Waals surface area contributed by atoms with Crippen LogP contribution >= 0.6 is 0 Å². The Kier molecular flexibility index (Phi) is 5.94. The highest BCUT2D eigenvalue weighted by atomic mass is 16.3. The predicted octanol–water partition coefficient (Wildman–Crippen LogP) is -0.474. The summed E-state index contributed by atoms with van der Waals surface area (Å²) in [5, 5.41) is 14.6. The van der Waals surface area contributed by atoms with Gasteiger partial charge in [-0.3, -0.25) is 14.4 Å². The second-order valence-electron chi connectivity index (χ2n) is 5.17. The molecule has 1 fully saturated rings. The number of amides is 3. The van der Waals surface area contributed by atoms with Crippen LogP contribution in [0.25, 0.3) is 0 Å². The van der Waals surface area contributed by atoms with Crippen LogP contribution < -0.4 is 16.4 Å². The van der Waals surface area contributed by atoms with E-state index in [1.807, 2.05) is 0 Å². The number of nitrogens with one attached hydrogen (secondary N) is 2. The minimum atomic E-state index is -2.19. The monoisotopic (exact) mass is 285 g/mol. The number of primary amides is 1. The van der Waals surface area contributed by atoms with E-state index in [-0.39, 0.29) is 12.3 Å². The fraction of sp³-hybridized carbons (Fsp3) is 0.769. The summed E-state index contributed by atoms with van der Waals surface area (Å²) in [6, 6.07) is -1.00. The molecule has 20 heavy (non-hydrogen) atoms. The van der Waals surface area contributed by atoms with Crippen LogP contribution in [-0.4, -0.2) is 34.6 Å². The molecule has 0 aromatic carbocycles. The summed E-state index contributed by atoms with van der Waals surface area (Å²) in [6.45, 7) is 2.11. The maximum absolute atomic E-state index is 11.7. The second-order valence-corrected chi connectivity index (χ2v) is 5.17. The summed E-state index contributed by atoms with van der Waals surface area (Å²) in [5.41, 5.74) is 2.87. The van der Waals surface area contributed by atoms with Crippen molar-refractivity contribution in [2.45, 2.75) is 63.6 Å². The second kappa shape index (κ2) is 7.23. The van der Waals surface area contributed by atoms with Gasteiger partial charge in [-0.2, -0.15) is 0 Å². The van der Waals surface area contributed by atoms with Gasteiger partial charge in [0.25, 0.3) is 5.91 Å². The zero-order valence-corrected chi connectivity index (χ0v) is 11.8. The predicted molar refractivity (Wildman–Crippen MR) is 72.2 cm³/mol.